The van der Waals surface area contributed by atoms with Crippen LogP contribution in [0, 0.1) is 6.92 Å². The number of aryl methyl sites for hydroxylation is 1. The number of rotatable bonds is 4. The molecule has 0 saturated heterocycles. The molecule has 0 fully saturated rings. The molecule has 2 amide bonds. The lowest BCUT2D eigenvalue weighted by molar-refractivity contribution is 0.0954. The number of pyridine rings is 1. The highest BCUT2D eigenvalue weighted by atomic mass is 35.5. The van der Waals surface area contributed by atoms with Crippen LogP contribution in [0.3, 0.4) is 0 Å². The summed E-state index contributed by atoms with van der Waals surface area (Å²) in [6.45, 7) is 1.70. The van der Waals surface area contributed by atoms with Gasteiger partial charge in [0, 0.05) is 11.2 Å². The van der Waals surface area contributed by atoms with Gasteiger partial charge >= 0.3 is 0 Å². The molecule has 28 heavy (non-hydrogen) atoms. The van der Waals surface area contributed by atoms with Gasteiger partial charge in [-0.05, 0) is 42.8 Å². The van der Waals surface area contributed by atoms with E-state index in [1.165, 1.54) is 16.7 Å². The number of nitrogens with one attached hydrogen (secondary N) is 2. The van der Waals surface area contributed by atoms with Gasteiger partial charge in [-0.15, -0.1) is 0 Å². The Morgan fingerprint density at radius 2 is 1.86 bits per heavy atom. The van der Waals surface area contributed by atoms with Gasteiger partial charge in [0.05, 0.1) is 16.3 Å². The van der Waals surface area contributed by atoms with Crippen LogP contribution in [0.4, 0.5) is 5.69 Å². The van der Waals surface area contributed by atoms with Crippen LogP contribution in [-0.4, -0.2) is 21.4 Å². The van der Waals surface area contributed by atoms with Crippen molar-refractivity contribution < 1.29 is 9.59 Å². The molecular weight excluding hydrogens is 425 g/mol. The molecule has 2 heterocycles. The van der Waals surface area contributed by atoms with Gasteiger partial charge in [-0.25, -0.2) is 10.8 Å². The maximum Gasteiger partial charge on any atom is 0.274 e. The standard InChI is InChI=1S/C18H14Cl3N5O2/c1-9-6-10(19)7-11(17(27)25-22)15(9)24-18(28)16-12(20)8-13(21)26(16)14-4-2-3-5-23-14/h2-8H,22H2,1H3,(H,24,28)(H,25,27). The van der Waals surface area contributed by atoms with E-state index in [9.17, 15) is 9.59 Å². The number of benzene rings is 1. The fourth-order valence-electron chi connectivity index (χ4n) is 2.71. The molecule has 0 radical (unpaired) electrons. The van der Waals surface area contributed by atoms with Gasteiger partial charge in [-0.2, -0.15) is 0 Å². The van der Waals surface area contributed by atoms with Crippen LogP contribution in [0.25, 0.3) is 5.82 Å². The smallest absolute Gasteiger partial charge is 0.274 e. The molecule has 0 aliphatic heterocycles. The molecular formula is C18H14Cl3N5O2. The molecule has 7 nitrogen and oxygen atoms in total. The Bertz CT molecular complexity index is 1070. The van der Waals surface area contributed by atoms with Crippen molar-refractivity contribution in [2.45, 2.75) is 6.92 Å². The normalized spacial score (nSPS) is 10.6. The molecule has 3 rings (SSSR count). The van der Waals surface area contributed by atoms with E-state index in [0.29, 0.717) is 16.4 Å². The Labute approximate surface area is 175 Å². The molecule has 0 spiro atoms. The first-order valence-corrected chi connectivity index (χ1v) is 9.07. The number of carbonyl (C=O) groups excluding carboxylic acids is 2. The second-order valence-corrected chi connectivity index (χ2v) is 6.99. The summed E-state index contributed by atoms with van der Waals surface area (Å²) in [5.41, 5.74) is 3.02. The van der Waals surface area contributed by atoms with Crippen molar-refractivity contribution >= 4 is 52.3 Å². The van der Waals surface area contributed by atoms with E-state index >= 15 is 0 Å². The highest BCUT2D eigenvalue weighted by Gasteiger charge is 2.24. The summed E-state index contributed by atoms with van der Waals surface area (Å²) < 4.78 is 1.41. The van der Waals surface area contributed by atoms with Crippen LogP contribution in [0.15, 0.2) is 42.6 Å². The Balaban J connectivity index is 2.08. The number of halogens is 3. The molecule has 10 heteroatoms. The van der Waals surface area contributed by atoms with E-state index < -0.39 is 11.8 Å². The van der Waals surface area contributed by atoms with E-state index in [-0.39, 0.29) is 27.1 Å². The van der Waals surface area contributed by atoms with Gasteiger partial charge in [-0.3, -0.25) is 19.6 Å². The van der Waals surface area contributed by atoms with Crippen LogP contribution in [0.2, 0.25) is 15.2 Å². The zero-order valence-corrected chi connectivity index (χ0v) is 16.7. The predicted molar refractivity (Wildman–Crippen MR) is 109 cm³/mol. The van der Waals surface area contributed by atoms with E-state index in [1.807, 2.05) is 5.43 Å². The van der Waals surface area contributed by atoms with Crippen molar-refractivity contribution in [2.24, 2.45) is 5.84 Å². The van der Waals surface area contributed by atoms with Crippen molar-refractivity contribution in [3.63, 3.8) is 0 Å². The average Bonchev–Trinajstić information content (AvgIpc) is 2.97. The minimum Gasteiger partial charge on any atom is -0.320 e. The SMILES string of the molecule is Cc1cc(Cl)cc(C(=O)NN)c1NC(=O)c1c(Cl)cc(Cl)n1-c1ccccn1. The fourth-order valence-corrected chi connectivity index (χ4v) is 3.59. The Hall–Kier alpha value is -2.58. The number of nitrogen functional groups attached to an aromatic ring is 1. The summed E-state index contributed by atoms with van der Waals surface area (Å²) in [6, 6.07) is 9.61. The first-order valence-electron chi connectivity index (χ1n) is 7.94. The maximum atomic E-state index is 13.0. The van der Waals surface area contributed by atoms with Crippen LogP contribution in [-0.2, 0) is 0 Å². The number of hydrazine groups is 1. The number of hydrogen-bond acceptors (Lipinski definition) is 4. The summed E-state index contributed by atoms with van der Waals surface area (Å²) in [5, 5.41) is 3.36. The van der Waals surface area contributed by atoms with Crippen LogP contribution in [0.1, 0.15) is 26.4 Å². The Morgan fingerprint density at radius 1 is 1.11 bits per heavy atom. The molecule has 1 aromatic carbocycles. The van der Waals surface area contributed by atoms with E-state index in [2.05, 4.69) is 10.3 Å². The van der Waals surface area contributed by atoms with Gasteiger partial charge in [0.2, 0.25) is 0 Å². The summed E-state index contributed by atoms with van der Waals surface area (Å²) in [5.74, 6) is 4.46. The molecule has 0 bridgehead atoms. The summed E-state index contributed by atoms with van der Waals surface area (Å²) in [4.78, 5) is 29.4. The molecule has 2 aromatic heterocycles. The first kappa shape index (κ1) is 20.2. The summed E-state index contributed by atoms with van der Waals surface area (Å²) in [7, 11) is 0. The highest BCUT2D eigenvalue weighted by molar-refractivity contribution is 6.38. The summed E-state index contributed by atoms with van der Waals surface area (Å²) >= 11 is 18.5. The largest absolute Gasteiger partial charge is 0.320 e. The zero-order chi connectivity index (χ0) is 20.4. The third kappa shape index (κ3) is 3.83. The van der Waals surface area contributed by atoms with Gasteiger partial charge in [0.15, 0.2) is 0 Å². The molecule has 3 aromatic rings. The van der Waals surface area contributed by atoms with Crippen LogP contribution >= 0.6 is 34.8 Å². The second-order valence-electron chi connectivity index (χ2n) is 5.76. The Morgan fingerprint density at radius 3 is 2.50 bits per heavy atom. The topological polar surface area (TPSA) is 102 Å². The molecule has 0 aliphatic rings. The van der Waals surface area contributed by atoms with Gasteiger partial charge < -0.3 is 5.32 Å². The van der Waals surface area contributed by atoms with Gasteiger partial charge in [0.25, 0.3) is 11.8 Å². The monoisotopic (exact) mass is 437 g/mol. The van der Waals surface area contributed by atoms with Gasteiger partial charge in [-0.1, -0.05) is 40.9 Å². The number of hydrogen-bond donors (Lipinski definition) is 3. The highest BCUT2D eigenvalue weighted by Crippen LogP contribution is 2.31. The number of aromatic nitrogens is 2. The lowest BCUT2D eigenvalue weighted by atomic mass is 10.1. The minimum absolute atomic E-state index is 0.0684. The lowest BCUT2D eigenvalue weighted by Crippen LogP contribution is -2.31. The van der Waals surface area contributed by atoms with Crippen molar-refractivity contribution in [1.82, 2.24) is 15.0 Å². The molecule has 0 saturated carbocycles. The fraction of sp³-hybridized carbons (Fsp3) is 0.0556. The number of nitrogens with zero attached hydrogens (tertiary/aromatic N) is 2. The van der Waals surface area contributed by atoms with Crippen LogP contribution in [0.5, 0.6) is 0 Å². The minimum atomic E-state index is -0.606. The third-order valence-electron chi connectivity index (χ3n) is 3.92. The molecule has 0 unspecified atom stereocenters. The number of carbonyl (C=O) groups is 2. The van der Waals surface area contributed by atoms with Crippen molar-refractivity contribution in [3.05, 3.63) is 74.6 Å². The quantitative estimate of drug-likeness (QED) is 0.325. The average molecular weight is 439 g/mol. The van der Waals surface area contributed by atoms with Crippen LogP contribution < -0.4 is 16.6 Å². The second kappa shape index (κ2) is 8.20. The lowest BCUT2D eigenvalue weighted by Gasteiger charge is -2.15. The van der Waals surface area contributed by atoms with E-state index in [0.717, 1.165) is 0 Å². The Kier molecular flexibility index (Phi) is 5.90. The van der Waals surface area contributed by atoms with Crippen molar-refractivity contribution in [2.75, 3.05) is 5.32 Å². The maximum absolute atomic E-state index is 13.0. The summed E-state index contributed by atoms with van der Waals surface area (Å²) in [6.07, 6.45) is 1.56. The third-order valence-corrected chi connectivity index (χ3v) is 4.70. The number of anilines is 1. The number of amides is 2. The van der Waals surface area contributed by atoms with E-state index in [4.69, 9.17) is 40.6 Å². The van der Waals surface area contributed by atoms with Crippen molar-refractivity contribution in [3.8, 4) is 5.82 Å². The first-order chi connectivity index (χ1) is 13.3. The molecule has 0 aliphatic carbocycles. The van der Waals surface area contributed by atoms with Gasteiger partial charge in [0.1, 0.15) is 16.7 Å². The molecule has 0 atom stereocenters. The molecule has 144 valence electrons. The zero-order valence-electron chi connectivity index (χ0n) is 14.5. The van der Waals surface area contributed by atoms with E-state index in [1.54, 1.807) is 37.4 Å². The number of nitrogens with two attached hydrogens (primary N) is 1. The van der Waals surface area contributed by atoms with Crippen molar-refractivity contribution in [1.29, 1.82) is 0 Å². The molecule has 4 N–H and O–H groups in total. The predicted octanol–water partition coefficient (Wildman–Crippen LogP) is 4.00.